The van der Waals surface area contributed by atoms with Crippen molar-refractivity contribution < 1.29 is 13.5 Å². The molecular formula is C16H23NO3S. The lowest BCUT2D eigenvalue weighted by atomic mass is 9.79. The summed E-state index contributed by atoms with van der Waals surface area (Å²) >= 11 is 0. The predicted octanol–water partition coefficient (Wildman–Crippen LogP) is 2.52. The fourth-order valence-corrected chi connectivity index (χ4v) is 5.53. The van der Waals surface area contributed by atoms with E-state index in [4.69, 9.17) is 5.11 Å². The zero-order valence-corrected chi connectivity index (χ0v) is 13.1. The Labute approximate surface area is 126 Å². The minimum absolute atomic E-state index is 0.0608. The molecule has 2 atom stereocenters. The van der Waals surface area contributed by atoms with E-state index in [0.717, 1.165) is 24.8 Å². The normalized spacial score (nSPS) is 27.3. The molecule has 116 valence electrons. The van der Waals surface area contributed by atoms with Crippen LogP contribution in [-0.2, 0) is 16.6 Å². The molecule has 1 aromatic carbocycles. The van der Waals surface area contributed by atoms with Gasteiger partial charge in [-0.2, -0.15) is 4.31 Å². The van der Waals surface area contributed by atoms with E-state index in [1.54, 1.807) is 28.6 Å². The number of benzene rings is 1. The summed E-state index contributed by atoms with van der Waals surface area (Å²) < 4.78 is 27.6. The van der Waals surface area contributed by atoms with Gasteiger partial charge < -0.3 is 5.11 Å². The molecule has 2 aliphatic rings. The SMILES string of the molecule is O=S(=O)(c1ccc(CO)cc1)N1CCC[C@H]2CCCC[C@H]21. The highest BCUT2D eigenvalue weighted by atomic mass is 32.2. The second kappa shape index (κ2) is 6.07. The van der Waals surface area contributed by atoms with Crippen LogP contribution in [0, 0.1) is 5.92 Å². The molecule has 1 saturated carbocycles. The highest BCUT2D eigenvalue weighted by molar-refractivity contribution is 7.89. The number of nitrogens with zero attached hydrogens (tertiary/aromatic N) is 1. The van der Waals surface area contributed by atoms with Gasteiger partial charge in [-0.1, -0.05) is 25.0 Å². The Morgan fingerprint density at radius 2 is 1.71 bits per heavy atom. The Balaban J connectivity index is 1.88. The van der Waals surface area contributed by atoms with Gasteiger partial charge in [0.1, 0.15) is 0 Å². The van der Waals surface area contributed by atoms with Gasteiger partial charge in [0.25, 0.3) is 0 Å². The zero-order chi connectivity index (χ0) is 14.9. The fourth-order valence-electron chi connectivity index (χ4n) is 3.78. The van der Waals surface area contributed by atoms with Crippen molar-refractivity contribution in [3.8, 4) is 0 Å². The Morgan fingerprint density at radius 1 is 1.05 bits per heavy atom. The summed E-state index contributed by atoms with van der Waals surface area (Å²) in [5.74, 6) is 0.541. The lowest BCUT2D eigenvalue weighted by Crippen LogP contribution is -2.49. The van der Waals surface area contributed by atoms with Gasteiger partial charge in [0, 0.05) is 12.6 Å². The molecule has 1 aliphatic heterocycles. The van der Waals surface area contributed by atoms with Crippen molar-refractivity contribution in [1.29, 1.82) is 0 Å². The highest BCUT2D eigenvalue weighted by Crippen LogP contribution is 2.37. The second-order valence-electron chi connectivity index (χ2n) is 6.17. The molecule has 1 aliphatic carbocycles. The van der Waals surface area contributed by atoms with Crippen molar-refractivity contribution in [2.24, 2.45) is 5.92 Å². The van der Waals surface area contributed by atoms with E-state index in [9.17, 15) is 8.42 Å². The summed E-state index contributed by atoms with van der Waals surface area (Å²) in [7, 11) is -3.41. The lowest BCUT2D eigenvalue weighted by Gasteiger charge is -2.43. The van der Waals surface area contributed by atoms with Crippen molar-refractivity contribution >= 4 is 10.0 Å². The summed E-state index contributed by atoms with van der Waals surface area (Å²) in [6.45, 7) is 0.583. The van der Waals surface area contributed by atoms with E-state index in [1.807, 2.05) is 0 Å². The van der Waals surface area contributed by atoms with Crippen LogP contribution in [0.3, 0.4) is 0 Å². The smallest absolute Gasteiger partial charge is 0.243 e. The Morgan fingerprint density at radius 3 is 2.43 bits per heavy atom. The summed E-state index contributed by atoms with van der Waals surface area (Å²) in [4.78, 5) is 0.353. The van der Waals surface area contributed by atoms with Crippen molar-refractivity contribution in [1.82, 2.24) is 4.31 Å². The minimum Gasteiger partial charge on any atom is -0.392 e. The fraction of sp³-hybridized carbons (Fsp3) is 0.625. The number of rotatable bonds is 3. The molecule has 1 heterocycles. The molecule has 21 heavy (non-hydrogen) atoms. The van der Waals surface area contributed by atoms with Crippen molar-refractivity contribution in [3.63, 3.8) is 0 Å². The third kappa shape index (κ3) is 2.87. The average Bonchev–Trinajstić information content (AvgIpc) is 2.54. The molecule has 1 aromatic rings. The molecule has 2 fully saturated rings. The molecule has 1 N–H and O–H groups in total. The maximum Gasteiger partial charge on any atom is 0.243 e. The van der Waals surface area contributed by atoms with E-state index in [-0.39, 0.29) is 12.6 Å². The third-order valence-electron chi connectivity index (χ3n) is 4.90. The first-order chi connectivity index (χ1) is 10.1. The van der Waals surface area contributed by atoms with Crippen LogP contribution in [0.15, 0.2) is 29.2 Å². The molecule has 5 heteroatoms. The molecule has 0 radical (unpaired) electrons. The van der Waals surface area contributed by atoms with Gasteiger partial charge >= 0.3 is 0 Å². The number of aliphatic hydroxyl groups is 1. The summed E-state index contributed by atoms with van der Waals surface area (Å²) in [5.41, 5.74) is 0.739. The largest absolute Gasteiger partial charge is 0.392 e. The standard InChI is InChI=1S/C16H23NO3S/c18-12-13-7-9-15(10-8-13)21(19,20)17-11-3-5-14-4-1-2-6-16(14)17/h7-10,14,16,18H,1-6,11-12H2/t14-,16-/m1/s1. The molecule has 0 unspecified atom stereocenters. The Hall–Kier alpha value is -0.910. The van der Waals surface area contributed by atoms with Crippen LogP contribution >= 0.6 is 0 Å². The van der Waals surface area contributed by atoms with Gasteiger partial charge in [0.2, 0.25) is 10.0 Å². The van der Waals surface area contributed by atoms with E-state index >= 15 is 0 Å². The van der Waals surface area contributed by atoms with Crippen LogP contribution < -0.4 is 0 Å². The predicted molar refractivity (Wildman–Crippen MR) is 81.2 cm³/mol. The van der Waals surface area contributed by atoms with Gasteiger partial charge in [-0.25, -0.2) is 8.42 Å². The quantitative estimate of drug-likeness (QED) is 0.933. The van der Waals surface area contributed by atoms with Crippen molar-refractivity contribution in [2.45, 2.75) is 56.1 Å². The summed E-state index contributed by atoms with van der Waals surface area (Å²) in [6, 6.07) is 6.81. The number of aliphatic hydroxyl groups excluding tert-OH is 1. The summed E-state index contributed by atoms with van der Waals surface area (Å²) in [6.07, 6.45) is 6.67. The van der Waals surface area contributed by atoms with E-state index in [2.05, 4.69) is 0 Å². The van der Waals surface area contributed by atoms with Gasteiger partial charge in [-0.3, -0.25) is 0 Å². The van der Waals surface area contributed by atoms with Crippen molar-refractivity contribution in [3.05, 3.63) is 29.8 Å². The van der Waals surface area contributed by atoms with Gasteiger partial charge in [-0.15, -0.1) is 0 Å². The van der Waals surface area contributed by atoms with Gasteiger partial charge in [0.05, 0.1) is 11.5 Å². The summed E-state index contributed by atoms with van der Waals surface area (Å²) in [5, 5.41) is 9.07. The number of hydrogen-bond donors (Lipinski definition) is 1. The van der Waals surface area contributed by atoms with Crippen molar-refractivity contribution in [2.75, 3.05) is 6.54 Å². The van der Waals surface area contributed by atoms with Crippen LogP contribution in [0.4, 0.5) is 0 Å². The van der Waals surface area contributed by atoms with Crippen LogP contribution in [0.25, 0.3) is 0 Å². The molecule has 0 amide bonds. The molecule has 0 bridgehead atoms. The second-order valence-corrected chi connectivity index (χ2v) is 8.06. The van der Waals surface area contributed by atoms with Crippen LogP contribution in [0.5, 0.6) is 0 Å². The Bertz CT molecular complexity index is 580. The molecular weight excluding hydrogens is 286 g/mol. The maximum absolute atomic E-state index is 12.9. The molecule has 1 saturated heterocycles. The molecule has 0 aromatic heterocycles. The van der Waals surface area contributed by atoms with Crippen LogP contribution in [0.1, 0.15) is 44.1 Å². The number of sulfonamides is 1. The lowest BCUT2D eigenvalue weighted by molar-refractivity contribution is 0.129. The third-order valence-corrected chi connectivity index (χ3v) is 6.84. The number of piperidine rings is 1. The Kier molecular flexibility index (Phi) is 4.33. The first-order valence-corrected chi connectivity index (χ1v) is 9.28. The first kappa shape index (κ1) is 15.0. The maximum atomic E-state index is 12.9. The monoisotopic (exact) mass is 309 g/mol. The van der Waals surface area contributed by atoms with E-state index in [0.29, 0.717) is 17.4 Å². The topological polar surface area (TPSA) is 57.6 Å². The van der Waals surface area contributed by atoms with Crippen LogP contribution in [0.2, 0.25) is 0 Å². The number of fused-ring (bicyclic) bond motifs is 1. The zero-order valence-electron chi connectivity index (χ0n) is 12.2. The molecule has 4 nitrogen and oxygen atoms in total. The average molecular weight is 309 g/mol. The van der Waals surface area contributed by atoms with Gasteiger partial charge in [-0.05, 0) is 49.3 Å². The molecule has 0 spiro atoms. The van der Waals surface area contributed by atoms with E-state index < -0.39 is 10.0 Å². The van der Waals surface area contributed by atoms with E-state index in [1.165, 1.54) is 19.3 Å². The van der Waals surface area contributed by atoms with Crippen LogP contribution in [-0.4, -0.2) is 30.4 Å². The number of hydrogen-bond acceptors (Lipinski definition) is 3. The highest BCUT2D eigenvalue weighted by Gasteiger charge is 2.39. The molecule has 3 rings (SSSR count). The first-order valence-electron chi connectivity index (χ1n) is 7.84. The minimum atomic E-state index is -3.41. The van der Waals surface area contributed by atoms with Gasteiger partial charge in [0.15, 0.2) is 0 Å².